The molecule has 7 rings (SSSR count). The number of nitrogens with zero attached hydrogens (tertiary/aromatic N) is 1. The summed E-state index contributed by atoms with van der Waals surface area (Å²) in [5.41, 5.74) is 1.67. The number of aromatic nitrogens is 1. The van der Waals surface area contributed by atoms with Crippen LogP contribution in [0.15, 0.2) is 64.4 Å². The standard InChI is InChI=1S/C29H26N2O6S2/c1-2-36-19(32)13-37-16-10-8-14(9-11-16)20-21-17-12-18(24(21)38-26-25(20)39-29(35)30-26)23-22(17)27(33)31(28(23)34)15-6-4-3-5-7-15/h3-11,17-18,20-24H,2,12-13H2,1H3,(H,30,35)/t17-,18-,20-,21?,22?,23?,24?/m1/s1. The first-order chi connectivity index (χ1) is 19.0. The number of thiazole rings is 1. The molecule has 3 fully saturated rings. The Labute approximate surface area is 232 Å². The molecule has 3 heterocycles. The molecule has 2 aliphatic carbocycles. The molecular weight excluding hydrogens is 536 g/mol. The number of imide groups is 1. The van der Waals surface area contributed by atoms with E-state index >= 15 is 0 Å². The lowest BCUT2D eigenvalue weighted by molar-refractivity contribution is -0.145. The number of amides is 2. The third kappa shape index (κ3) is 3.79. The molecule has 2 aromatic carbocycles. The van der Waals surface area contributed by atoms with Crippen molar-refractivity contribution in [2.75, 3.05) is 18.1 Å². The molecule has 2 aliphatic heterocycles. The Bertz CT molecular complexity index is 1520. The van der Waals surface area contributed by atoms with E-state index in [1.54, 1.807) is 18.7 Å². The summed E-state index contributed by atoms with van der Waals surface area (Å²) in [4.78, 5) is 56.9. The smallest absolute Gasteiger partial charge is 0.344 e. The third-order valence-electron chi connectivity index (χ3n) is 8.64. The van der Waals surface area contributed by atoms with Gasteiger partial charge in [0.2, 0.25) is 11.8 Å². The summed E-state index contributed by atoms with van der Waals surface area (Å²) in [6, 6.07) is 16.8. The van der Waals surface area contributed by atoms with Crippen molar-refractivity contribution in [3.05, 3.63) is 74.7 Å². The topological polar surface area (TPSA) is 106 Å². The van der Waals surface area contributed by atoms with Gasteiger partial charge in [0.25, 0.3) is 0 Å². The highest BCUT2D eigenvalue weighted by atomic mass is 32.2. The van der Waals surface area contributed by atoms with Gasteiger partial charge in [0, 0.05) is 16.0 Å². The van der Waals surface area contributed by atoms with Crippen LogP contribution in [0.3, 0.4) is 0 Å². The number of ether oxygens (including phenoxy) is 2. The summed E-state index contributed by atoms with van der Waals surface area (Å²) in [5.74, 6) is -0.527. The summed E-state index contributed by atoms with van der Waals surface area (Å²) >= 11 is 2.91. The van der Waals surface area contributed by atoms with E-state index in [4.69, 9.17) is 9.47 Å². The molecule has 4 aliphatic rings. The van der Waals surface area contributed by atoms with E-state index < -0.39 is 5.97 Å². The Morgan fingerprint density at radius 1 is 1.00 bits per heavy atom. The zero-order chi connectivity index (χ0) is 26.8. The molecule has 2 amide bonds. The van der Waals surface area contributed by atoms with Gasteiger partial charge in [-0.3, -0.25) is 19.3 Å². The zero-order valence-electron chi connectivity index (χ0n) is 21.1. The molecule has 7 atom stereocenters. The number of carbonyl (C=O) groups excluding carboxylic acids is 3. The number of thioether (sulfide) groups is 1. The molecular formula is C29H26N2O6S2. The second kappa shape index (κ2) is 9.38. The minimum atomic E-state index is -0.424. The molecule has 1 N–H and O–H groups in total. The Morgan fingerprint density at radius 3 is 2.44 bits per heavy atom. The lowest BCUT2D eigenvalue weighted by atomic mass is 9.68. The SMILES string of the molecule is CCOC(=O)COc1ccc([C@H]2c3sc(=O)[nH]c3SC3C2[C@H]2C[C@@H]3C3C(=O)N(c4ccccc4)C(=O)C32)cc1. The molecule has 1 saturated heterocycles. The molecule has 8 nitrogen and oxygen atoms in total. The number of H-pyrrole nitrogens is 1. The zero-order valence-corrected chi connectivity index (χ0v) is 22.7. The maximum absolute atomic E-state index is 13.8. The Balaban J connectivity index is 1.22. The van der Waals surface area contributed by atoms with Gasteiger partial charge in [-0.1, -0.05) is 41.7 Å². The van der Waals surface area contributed by atoms with Crippen LogP contribution in [-0.2, 0) is 19.1 Å². The quantitative estimate of drug-likeness (QED) is 0.357. The molecule has 4 unspecified atom stereocenters. The van der Waals surface area contributed by atoms with E-state index in [0.29, 0.717) is 18.0 Å². The van der Waals surface area contributed by atoms with Gasteiger partial charge in [0.1, 0.15) is 5.75 Å². The van der Waals surface area contributed by atoms with Gasteiger partial charge in [-0.2, -0.15) is 0 Å². The van der Waals surface area contributed by atoms with E-state index in [0.717, 1.165) is 21.9 Å². The fraction of sp³-hybridized carbons (Fsp3) is 0.379. The van der Waals surface area contributed by atoms with Crippen LogP contribution in [-0.4, -0.2) is 41.2 Å². The van der Waals surface area contributed by atoms with Crippen LogP contribution in [0.4, 0.5) is 5.69 Å². The van der Waals surface area contributed by atoms with Crippen LogP contribution in [0, 0.1) is 29.6 Å². The molecule has 3 aromatic rings. The van der Waals surface area contributed by atoms with E-state index in [9.17, 15) is 19.2 Å². The van der Waals surface area contributed by atoms with Crippen molar-refractivity contribution in [1.82, 2.24) is 4.98 Å². The molecule has 10 heteroatoms. The van der Waals surface area contributed by atoms with Crippen molar-refractivity contribution in [3.63, 3.8) is 0 Å². The first-order valence-corrected chi connectivity index (χ1v) is 14.9. The van der Waals surface area contributed by atoms with Crippen molar-refractivity contribution in [2.45, 2.75) is 29.5 Å². The van der Waals surface area contributed by atoms with Gasteiger partial charge in [-0.25, -0.2) is 4.79 Å². The average Bonchev–Trinajstić information content (AvgIpc) is 3.67. The summed E-state index contributed by atoms with van der Waals surface area (Å²) in [6.07, 6.45) is 0.841. The number of anilines is 1. The first-order valence-electron chi connectivity index (χ1n) is 13.2. The van der Waals surface area contributed by atoms with Crippen LogP contribution in [0.1, 0.15) is 29.7 Å². The van der Waals surface area contributed by atoms with E-state index in [-0.39, 0.29) is 64.1 Å². The summed E-state index contributed by atoms with van der Waals surface area (Å²) in [7, 11) is 0. The normalized spacial score (nSPS) is 30.2. The monoisotopic (exact) mass is 562 g/mol. The van der Waals surface area contributed by atoms with Crippen LogP contribution in [0.2, 0.25) is 0 Å². The van der Waals surface area contributed by atoms with E-state index in [2.05, 4.69) is 4.98 Å². The predicted molar refractivity (Wildman–Crippen MR) is 146 cm³/mol. The van der Waals surface area contributed by atoms with Gasteiger partial charge in [-0.15, -0.1) is 11.8 Å². The predicted octanol–water partition coefficient (Wildman–Crippen LogP) is 4.06. The van der Waals surface area contributed by atoms with E-state index in [1.807, 2.05) is 54.6 Å². The number of hydrogen-bond acceptors (Lipinski definition) is 8. The molecule has 200 valence electrons. The number of fused-ring (bicyclic) bond motifs is 9. The lowest BCUT2D eigenvalue weighted by Gasteiger charge is -2.43. The van der Waals surface area contributed by atoms with Gasteiger partial charge in [-0.05, 0) is 60.9 Å². The van der Waals surface area contributed by atoms with Gasteiger partial charge in [0.05, 0.1) is 29.2 Å². The van der Waals surface area contributed by atoms with Crippen molar-refractivity contribution in [1.29, 1.82) is 0 Å². The molecule has 0 spiro atoms. The highest BCUT2D eigenvalue weighted by molar-refractivity contribution is 8.00. The molecule has 2 saturated carbocycles. The maximum Gasteiger partial charge on any atom is 0.344 e. The number of aromatic amines is 1. The Hall–Kier alpha value is -3.37. The van der Waals surface area contributed by atoms with Gasteiger partial charge in [0.15, 0.2) is 6.61 Å². The summed E-state index contributed by atoms with van der Waals surface area (Å²) in [5, 5.41) is 1.01. The minimum Gasteiger partial charge on any atom is -0.482 e. The highest BCUT2D eigenvalue weighted by Crippen LogP contribution is 2.68. The highest BCUT2D eigenvalue weighted by Gasteiger charge is 2.69. The summed E-state index contributed by atoms with van der Waals surface area (Å²) in [6.45, 7) is 1.88. The number of benzene rings is 2. The molecule has 1 aromatic heterocycles. The second-order valence-electron chi connectivity index (χ2n) is 10.5. The van der Waals surface area contributed by atoms with Crippen LogP contribution >= 0.6 is 23.1 Å². The van der Waals surface area contributed by atoms with Gasteiger partial charge < -0.3 is 14.5 Å². The molecule has 0 radical (unpaired) electrons. The van der Waals surface area contributed by atoms with Crippen molar-refractivity contribution < 1.29 is 23.9 Å². The van der Waals surface area contributed by atoms with Crippen LogP contribution < -0.4 is 14.5 Å². The lowest BCUT2D eigenvalue weighted by Crippen LogP contribution is -2.42. The molecule has 2 bridgehead atoms. The van der Waals surface area contributed by atoms with Crippen molar-refractivity contribution in [3.8, 4) is 5.75 Å². The third-order valence-corrected chi connectivity index (χ3v) is 11.2. The summed E-state index contributed by atoms with van der Waals surface area (Å²) < 4.78 is 10.5. The number of hydrogen-bond donors (Lipinski definition) is 1. The Kier molecular flexibility index (Phi) is 5.93. The number of rotatable bonds is 6. The van der Waals surface area contributed by atoms with Crippen LogP contribution in [0.5, 0.6) is 5.75 Å². The number of carbonyl (C=O) groups is 3. The van der Waals surface area contributed by atoms with Crippen LogP contribution in [0.25, 0.3) is 0 Å². The first kappa shape index (κ1) is 24.7. The minimum absolute atomic E-state index is 0.0535. The number of nitrogens with one attached hydrogen (secondary N) is 1. The fourth-order valence-electron chi connectivity index (χ4n) is 7.34. The average molecular weight is 563 g/mol. The largest absolute Gasteiger partial charge is 0.482 e. The Morgan fingerprint density at radius 2 is 1.72 bits per heavy atom. The van der Waals surface area contributed by atoms with Gasteiger partial charge >= 0.3 is 10.8 Å². The van der Waals surface area contributed by atoms with Crippen molar-refractivity contribution >= 4 is 46.6 Å². The fourth-order valence-corrected chi connectivity index (χ4v) is 10.2. The number of para-hydroxylation sites is 1. The molecule has 39 heavy (non-hydrogen) atoms. The maximum atomic E-state index is 13.8. The number of esters is 1. The van der Waals surface area contributed by atoms with Crippen molar-refractivity contribution in [2.24, 2.45) is 29.6 Å². The van der Waals surface area contributed by atoms with E-state index in [1.165, 1.54) is 16.2 Å². The second-order valence-corrected chi connectivity index (χ2v) is 12.7.